The summed E-state index contributed by atoms with van der Waals surface area (Å²) in [5.74, 6) is 0. The van der Waals surface area contributed by atoms with Gasteiger partial charge in [-0.3, -0.25) is 0 Å². The standard InChI is InChI=1S/C14H24N2OS/c1-5-17-9-12-16-13(14(2,3)4)11(18-12)8-15-10-6-7-10/h10,15H,5-9H2,1-4H3. The highest BCUT2D eigenvalue weighted by atomic mass is 32.1. The smallest absolute Gasteiger partial charge is 0.119 e. The molecule has 102 valence electrons. The van der Waals surface area contributed by atoms with Gasteiger partial charge in [0.05, 0.1) is 12.3 Å². The first-order chi connectivity index (χ1) is 8.50. The van der Waals surface area contributed by atoms with Crippen molar-refractivity contribution >= 4 is 11.3 Å². The molecule has 0 saturated heterocycles. The molecule has 0 bridgehead atoms. The van der Waals surface area contributed by atoms with Crippen LogP contribution in [0.4, 0.5) is 0 Å². The van der Waals surface area contributed by atoms with E-state index in [-0.39, 0.29) is 5.41 Å². The third-order valence-corrected chi connectivity index (χ3v) is 4.04. The zero-order valence-corrected chi connectivity index (χ0v) is 12.7. The van der Waals surface area contributed by atoms with Gasteiger partial charge in [-0.2, -0.15) is 0 Å². The van der Waals surface area contributed by atoms with Crippen LogP contribution >= 0.6 is 11.3 Å². The second-order valence-corrected chi connectivity index (χ2v) is 7.09. The average molecular weight is 268 g/mol. The van der Waals surface area contributed by atoms with Crippen molar-refractivity contribution in [2.75, 3.05) is 6.61 Å². The van der Waals surface area contributed by atoms with Crippen molar-refractivity contribution in [2.24, 2.45) is 0 Å². The molecule has 1 saturated carbocycles. The summed E-state index contributed by atoms with van der Waals surface area (Å²) in [6.07, 6.45) is 2.66. The number of rotatable bonds is 6. The van der Waals surface area contributed by atoms with E-state index in [1.165, 1.54) is 23.4 Å². The highest BCUT2D eigenvalue weighted by Crippen LogP contribution is 2.31. The van der Waals surface area contributed by atoms with Crippen molar-refractivity contribution in [2.45, 2.75) is 65.1 Å². The van der Waals surface area contributed by atoms with E-state index in [4.69, 9.17) is 9.72 Å². The fourth-order valence-corrected chi connectivity index (χ4v) is 3.05. The van der Waals surface area contributed by atoms with Crippen LogP contribution in [-0.2, 0) is 23.3 Å². The van der Waals surface area contributed by atoms with Crippen LogP contribution in [0.1, 0.15) is 56.1 Å². The Bertz CT molecular complexity index is 391. The maximum absolute atomic E-state index is 5.47. The molecule has 0 unspecified atom stereocenters. The van der Waals surface area contributed by atoms with E-state index in [2.05, 4.69) is 26.1 Å². The second kappa shape index (κ2) is 5.68. The second-order valence-electron chi connectivity index (χ2n) is 5.92. The lowest BCUT2D eigenvalue weighted by molar-refractivity contribution is 0.133. The fourth-order valence-electron chi connectivity index (χ4n) is 1.88. The zero-order valence-electron chi connectivity index (χ0n) is 11.9. The minimum atomic E-state index is 0.113. The number of aromatic nitrogens is 1. The van der Waals surface area contributed by atoms with Crippen molar-refractivity contribution in [3.8, 4) is 0 Å². The molecule has 0 aliphatic heterocycles. The van der Waals surface area contributed by atoms with Crippen LogP contribution in [0.5, 0.6) is 0 Å². The Balaban J connectivity index is 2.09. The van der Waals surface area contributed by atoms with Crippen LogP contribution in [0.25, 0.3) is 0 Å². The SMILES string of the molecule is CCOCc1nc(C(C)(C)C)c(CNC2CC2)s1. The Kier molecular flexibility index (Phi) is 4.41. The van der Waals surface area contributed by atoms with Crippen molar-refractivity contribution in [3.05, 3.63) is 15.6 Å². The Hall–Kier alpha value is -0.450. The van der Waals surface area contributed by atoms with Gasteiger partial charge in [-0.05, 0) is 19.8 Å². The first-order valence-electron chi connectivity index (χ1n) is 6.81. The molecule has 0 atom stereocenters. The molecule has 0 spiro atoms. The van der Waals surface area contributed by atoms with Gasteiger partial charge in [0.15, 0.2) is 0 Å². The largest absolute Gasteiger partial charge is 0.375 e. The van der Waals surface area contributed by atoms with Gasteiger partial charge in [0, 0.05) is 29.5 Å². The van der Waals surface area contributed by atoms with Crippen LogP contribution < -0.4 is 5.32 Å². The van der Waals surface area contributed by atoms with Crippen molar-refractivity contribution in [1.82, 2.24) is 10.3 Å². The van der Waals surface area contributed by atoms with Gasteiger partial charge < -0.3 is 10.1 Å². The van der Waals surface area contributed by atoms with E-state index in [0.717, 1.165) is 24.2 Å². The van der Waals surface area contributed by atoms with E-state index in [0.29, 0.717) is 6.61 Å². The maximum Gasteiger partial charge on any atom is 0.119 e. The fraction of sp³-hybridized carbons (Fsp3) is 0.786. The zero-order chi connectivity index (χ0) is 13.2. The molecular weight excluding hydrogens is 244 g/mol. The summed E-state index contributed by atoms with van der Waals surface area (Å²) < 4.78 is 5.47. The quantitative estimate of drug-likeness (QED) is 0.860. The Labute approximate surface area is 114 Å². The van der Waals surface area contributed by atoms with Crippen LogP contribution in [0.3, 0.4) is 0 Å². The van der Waals surface area contributed by atoms with E-state index in [9.17, 15) is 0 Å². The maximum atomic E-state index is 5.47. The molecular formula is C14H24N2OS. The Morgan fingerprint density at radius 3 is 2.67 bits per heavy atom. The Morgan fingerprint density at radius 1 is 1.39 bits per heavy atom. The normalized spacial score (nSPS) is 16.2. The van der Waals surface area contributed by atoms with Gasteiger partial charge in [0.25, 0.3) is 0 Å². The lowest BCUT2D eigenvalue weighted by Gasteiger charge is -2.17. The molecule has 1 heterocycles. The number of ether oxygens (including phenoxy) is 1. The molecule has 1 aliphatic rings. The molecule has 1 aromatic heterocycles. The van der Waals surface area contributed by atoms with Gasteiger partial charge in [0.2, 0.25) is 0 Å². The van der Waals surface area contributed by atoms with Gasteiger partial charge in [-0.25, -0.2) is 4.98 Å². The third-order valence-electron chi connectivity index (χ3n) is 3.01. The predicted octanol–water partition coefficient (Wildman–Crippen LogP) is 3.23. The molecule has 1 fully saturated rings. The van der Waals surface area contributed by atoms with E-state index < -0.39 is 0 Å². The Morgan fingerprint density at radius 2 is 2.11 bits per heavy atom. The van der Waals surface area contributed by atoms with Crippen molar-refractivity contribution in [3.63, 3.8) is 0 Å². The summed E-state index contributed by atoms with van der Waals surface area (Å²) in [6.45, 7) is 11.1. The molecule has 3 nitrogen and oxygen atoms in total. The van der Waals surface area contributed by atoms with Gasteiger partial charge >= 0.3 is 0 Å². The summed E-state index contributed by atoms with van der Waals surface area (Å²) in [4.78, 5) is 6.15. The molecule has 1 aliphatic carbocycles. The number of hydrogen-bond acceptors (Lipinski definition) is 4. The summed E-state index contributed by atoms with van der Waals surface area (Å²) in [5.41, 5.74) is 1.34. The molecule has 0 radical (unpaired) electrons. The number of nitrogens with one attached hydrogen (secondary N) is 1. The lowest BCUT2D eigenvalue weighted by Crippen LogP contribution is -2.20. The molecule has 4 heteroatoms. The van der Waals surface area contributed by atoms with Gasteiger partial charge in [-0.1, -0.05) is 20.8 Å². The molecule has 0 aromatic carbocycles. The topological polar surface area (TPSA) is 34.1 Å². The van der Waals surface area contributed by atoms with E-state index in [1.54, 1.807) is 11.3 Å². The number of hydrogen-bond donors (Lipinski definition) is 1. The summed E-state index contributed by atoms with van der Waals surface area (Å²) >= 11 is 1.80. The van der Waals surface area contributed by atoms with Crippen LogP contribution in [0, 0.1) is 0 Å². The minimum Gasteiger partial charge on any atom is -0.375 e. The van der Waals surface area contributed by atoms with Gasteiger partial charge in [-0.15, -0.1) is 11.3 Å². The first-order valence-corrected chi connectivity index (χ1v) is 7.62. The summed E-state index contributed by atoms with van der Waals surface area (Å²) in [5, 5.41) is 4.69. The molecule has 1 aromatic rings. The monoisotopic (exact) mass is 268 g/mol. The lowest BCUT2D eigenvalue weighted by atomic mass is 9.91. The third kappa shape index (κ3) is 3.77. The van der Waals surface area contributed by atoms with Crippen molar-refractivity contribution in [1.29, 1.82) is 0 Å². The molecule has 2 rings (SSSR count). The molecule has 1 N–H and O–H groups in total. The van der Waals surface area contributed by atoms with Crippen LogP contribution in [-0.4, -0.2) is 17.6 Å². The van der Waals surface area contributed by atoms with E-state index in [1.807, 2.05) is 6.92 Å². The average Bonchev–Trinajstić information content (AvgIpc) is 3.02. The number of thiazole rings is 1. The van der Waals surface area contributed by atoms with Crippen LogP contribution in [0.2, 0.25) is 0 Å². The highest BCUT2D eigenvalue weighted by Gasteiger charge is 2.25. The predicted molar refractivity (Wildman–Crippen MR) is 76.0 cm³/mol. The van der Waals surface area contributed by atoms with Crippen LogP contribution in [0.15, 0.2) is 0 Å². The first kappa shape index (κ1) is 14.0. The van der Waals surface area contributed by atoms with Gasteiger partial charge in [0.1, 0.15) is 5.01 Å². The summed E-state index contributed by atoms with van der Waals surface area (Å²) in [6, 6.07) is 0.746. The summed E-state index contributed by atoms with van der Waals surface area (Å²) in [7, 11) is 0. The minimum absolute atomic E-state index is 0.113. The molecule has 0 amide bonds. The molecule has 18 heavy (non-hydrogen) atoms. The van der Waals surface area contributed by atoms with Crippen molar-refractivity contribution < 1.29 is 4.74 Å². The number of nitrogens with zero attached hydrogens (tertiary/aromatic N) is 1. The van der Waals surface area contributed by atoms with E-state index >= 15 is 0 Å². The highest BCUT2D eigenvalue weighted by molar-refractivity contribution is 7.11.